The molecule has 0 spiro atoms. The van der Waals surface area contributed by atoms with Crippen LogP contribution >= 0.6 is 0 Å². The van der Waals surface area contributed by atoms with E-state index in [2.05, 4.69) is 9.98 Å². The average Bonchev–Trinajstić information content (AvgIpc) is 2.29. The molecule has 0 atom stereocenters. The third-order valence-electron chi connectivity index (χ3n) is 1.95. The third kappa shape index (κ3) is 2.95. The summed E-state index contributed by atoms with van der Waals surface area (Å²) in [7, 11) is -4.00. The number of hydrogen-bond acceptors (Lipinski definition) is 6. The van der Waals surface area contributed by atoms with Crippen molar-refractivity contribution in [1.82, 2.24) is 0 Å². The van der Waals surface area contributed by atoms with Crippen molar-refractivity contribution >= 4 is 22.0 Å². The number of aliphatic imine (C=N–C) groups is 2. The van der Waals surface area contributed by atoms with Crippen molar-refractivity contribution in [2.75, 3.05) is 0 Å². The van der Waals surface area contributed by atoms with Gasteiger partial charge in [-0.2, -0.15) is 9.98 Å². The van der Waals surface area contributed by atoms with Crippen LogP contribution < -0.4 is 0 Å². The Kier molecular flexibility index (Phi) is 4.06. The second-order valence-electron chi connectivity index (χ2n) is 3.13. The van der Waals surface area contributed by atoms with Crippen molar-refractivity contribution in [3.63, 3.8) is 0 Å². The molecule has 0 N–H and O–H groups in total. The van der Waals surface area contributed by atoms with Gasteiger partial charge in [-0.25, -0.2) is 18.0 Å². The molecule has 0 saturated heterocycles. The minimum atomic E-state index is -4.00. The first-order chi connectivity index (χ1) is 8.02. The number of rotatable bonds is 4. The molecule has 0 fully saturated rings. The highest BCUT2D eigenvalue weighted by Gasteiger charge is 2.26. The molecule has 0 aliphatic carbocycles. The summed E-state index contributed by atoms with van der Waals surface area (Å²) in [6.45, 7) is 1.79. The molecule has 0 aromatic heterocycles. The zero-order chi connectivity index (χ0) is 12.9. The van der Waals surface area contributed by atoms with Gasteiger partial charge in [-0.3, -0.25) is 0 Å². The SMILES string of the molecule is Cc1ccc(S(=O)(=O)C(N=C=O)N=C=O)cc1. The van der Waals surface area contributed by atoms with Crippen LogP contribution in [0.3, 0.4) is 0 Å². The molecule has 0 saturated carbocycles. The normalized spacial score (nSPS) is 12.1. The van der Waals surface area contributed by atoms with Crippen molar-refractivity contribution in [1.29, 1.82) is 0 Å². The van der Waals surface area contributed by atoms with Crippen LogP contribution in [-0.4, -0.2) is 26.1 Å². The minimum absolute atomic E-state index is 0.0777. The molecule has 1 aromatic carbocycles. The summed E-state index contributed by atoms with van der Waals surface area (Å²) in [5.41, 5.74) is -0.946. The first kappa shape index (κ1) is 13.0. The fourth-order valence-electron chi connectivity index (χ4n) is 1.11. The highest BCUT2D eigenvalue weighted by atomic mass is 32.2. The third-order valence-corrected chi connectivity index (χ3v) is 3.65. The van der Waals surface area contributed by atoms with Gasteiger partial charge in [0.05, 0.1) is 4.90 Å². The largest absolute Gasteiger partial charge is 0.268 e. The van der Waals surface area contributed by atoms with Gasteiger partial charge >= 0.3 is 0 Å². The standard InChI is InChI=1S/C10H8N2O4S/c1-8-2-4-9(5-3-8)17(15,16)10(11-6-13)12-7-14/h2-5,10H,1H3. The lowest BCUT2D eigenvalue weighted by Gasteiger charge is -2.06. The van der Waals surface area contributed by atoms with E-state index in [1.54, 1.807) is 19.1 Å². The number of nitrogens with zero attached hydrogens (tertiary/aromatic N) is 2. The van der Waals surface area contributed by atoms with E-state index < -0.39 is 15.3 Å². The van der Waals surface area contributed by atoms with E-state index in [9.17, 15) is 18.0 Å². The Balaban J connectivity index is 3.30. The predicted molar refractivity (Wildman–Crippen MR) is 58.4 cm³/mol. The quantitative estimate of drug-likeness (QED) is 0.583. The van der Waals surface area contributed by atoms with Gasteiger partial charge in [0.1, 0.15) is 0 Å². The Morgan fingerprint density at radius 3 is 1.94 bits per heavy atom. The zero-order valence-corrected chi connectivity index (χ0v) is 9.64. The maximum Gasteiger partial charge on any atom is 0.268 e. The Morgan fingerprint density at radius 2 is 1.53 bits per heavy atom. The number of sulfone groups is 1. The molecular weight excluding hydrogens is 244 g/mol. The van der Waals surface area contributed by atoms with Gasteiger partial charge in [0.2, 0.25) is 22.0 Å². The summed E-state index contributed by atoms with van der Waals surface area (Å²) in [6, 6.07) is 5.86. The van der Waals surface area contributed by atoms with E-state index in [0.29, 0.717) is 0 Å². The van der Waals surface area contributed by atoms with Crippen LogP contribution in [0.25, 0.3) is 0 Å². The van der Waals surface area contributed by atoms with Crippen LogP contribution in [0, 0.1) is 6.92 Å². The lowest BCUT2D eigenvalue weighted by atomic mass is 10.2. The summed E-state index contributed by atoms with van der Waals surface area (Å²) in [4.78, 5) is 26.0. The molecule has 7 heteroatoms. The summed E-state index contributed by atoms with van der Waals surface area (Å²) in [5.74, 6) is 0. The molecule has 0 radical (unpaired) electrons. The first-order valence-electron chi connectivity index (χ1n) is 4.47. The second kappa shape index (κ2) is 5.32. The highest BCUT2D eigenvalue weighted by molar-refractivity contribution is 7.92. The van der Waals surface area contributed by atoms with Gasteiger partial charge in [0, 0.05) is 0 Å². The van der Waals surface area contributed by atoms with Gasteiger partial charge < -0.3 is 0 Å². The lowest BCUT2D eigenvalue weighted by molar-refractivity contribution is 0.550. The Bertz CT molecular complexity index is 576. The molecule has 0 bridgehead atoms. The van der Waals surface area contributed by atoms with E-state index in [4.69, 9.17) is 0 Å². The molecule has 88 valence electrons. The molecule has 1 rings (SSSR count). The number of hydrogen-bond donors (Lipinski definition) is 0. The number of carbonyl (C=O) groups excluding carboxylic acids is 2. The fourth-order valence-corrected chi connectivity index (χ4v) is 2.23. The maximum absolute atomic E-state index is 11.9. The van der Waals surface area contributed by atoms with Crippen LogP contribution in [-0.2, 0) is 19.4 Å². The summed E-state index contributed by atoms with van der Waals surface area (Å²) < 4.78 is 23.8. The van der Waals surface area contributed by atoms with Crippen LogP contribution in [0.2, 0.25) is 0 Å². The van der Waals surface area contributed by atoms with E-state index in [1.165, 1.54) is 12.1 Å². The van der Waals surface area contributed by atoms with Crippen LogP contribution in [0.1, 0.15) is 5.56 Å². The molecule has 0 aliphatic heterocycles. The Labute approximate surface area is 97.6 Å². The summed E-state index contributed by atoms with van der Waals surface area (Å²) >= 11 is 0. The average molecular weight is 252 g/mol. The summed E-state index contributed by atoms with van der Waals surface area (Å²) in [6.07, 6.45) is 2.13. The van der Waals surface area contributed by atoms with Crippen molar-refractivity contribution in [2.24, 2.45) is 9.98 Å². The molecule has 0 aliphatic rings. The number of isocyanates is 2. The fraction of sp³-hybridized carbons (Fsp3) is 0.200. The van der Waals surface area contributed by atoms with Crippen molar-refractivity contribution < 1.29 is 18.0 Å². The molecule has 0 unspecified atom stereocenters. The van der Waals surface area contributed by atoms with E-state index in [-0.39, 0.29) is 4.90 Å². The van der Waals surface area contributed by atoms with Gasteiger partial charge in [0.25, 0.3) is 5.50 Å². The Hall–Kier alpha value is -2.07. The molecule has 6 nitrogen and oxygen atoms in total. The highest BCUT2D eigenvalue weighted by Crippen LogP contribution is 2.17. The smallest absolute Gasteiger partial charge is 0.219 e. The molecular formula is C10H8N2O4S. The predicted octanol–water partition coefficient (Wildman–Crippen LogP) is 0.724. The Morgan fingerprint density at radius 1 is 1.06 bits per heavy atom. The summed E-state index contributed by atoms with van der Waals surface area (Å²) in [5, 5.41) is 0. The maximum atomic E-state index is 11.9. The second-order valence-corrected chi connectivity index (χ2v) is 5.11. The van der Waals surface area contributed by atoms with Crippen LogP contribution in [0.15, 0.2) is 39.1 Å². The lowest BCUT2D eigenvalue weighted by Crippen LogP contribution is -2.17. The topological polar surface area (TPSA) is 93.0 Å². The first-order valence-corrected chi connectivity index (χ1v) is 6.01. The van der Waals surface area contributed by atoms with Gasteiger partial charge in [-0.05, 0) is 19.1 Å². The van der Waals surface area contributed by atoms with Gasteiger partial charge in [0.15, 0.2) is 0 Å². The molecule has 17 heavy (non-hydrogen) atoms. The van der Waals surface area contributed by atoms with E-state index in [0.717, 1.165) is 17.7 Å². The van der Waals surface area contributed by atoms with E-state index >= 15 is 0 Å². The molecule has 0 amide bonds. The van der Waals surface area contributed by atoms with Crippen LogP contribution in [0.4, 0.5) is 0 Å². The zero-order valence-electron chi connectivity index (χ0n) is 8.82. The monoisotopic (exact) mass is 252 g/mol. The molecule has 1 aromatic rings. The van der Waals surface area contributed by atoms with E-state index in [1.807, 2.05) is 0 Å². The van der Waals surface area contributed by atoms with Crippen molar-refractivity contribution in [3.05, 3.63) is 29.8 Å². The molecule has 0 heterocycles. The number of aryl methyl sites for hydroxylation is 1. The van der Waals surface area contributed by atoms with Crippen molar-refractivity contribution in [3.8, 4) is 0 Å². The van der Waals surface area contributed by atoms with Crippen LogP contribution in [0.5, 0.6) is 0 Å². The number of benzene rings is 1. The van der Waals surface area contributed by atoms with Gasteiger partial charge in [-0.15, -0.1) is 0 Å². The van der Waals surface area contributed by atoms with Crippen molar-refractivity contribution in [2.45, 2.75) is 17.3 Å². The minimum Gasteiger partial charge on any atom is -0.219 e. The van der Waals surface area contributed by atoms with Gasteiger partial charge in [-0.1, -0.05) is 17.7 Å².